The molecule has 5 rings (SSSR count). The molecule has 0 amide bonds. The van der Waals surface area contributed by atoms with Gasteiger partial charge in [-0.25, -0.2) is 9.97 Å². The lowest BCUT2D eigenvalue weighted by Crippen LogP contribution is -2.41. The van der Waals surface area contributed by atoms with Crippen molar-refractivity contribution in [3.05, 3.63) is 78.6 Å². The van der Waals surface area contributed by atoms with Crippen LogP contribution in [0.25, 0.3) is 10.9 Å². The second kappa shape index (κ2) is 12.8. The van der Waals surface area contributed by atoms with E-state index in [1.807, 2.05) is 66.7 Å². The number of methoxy groups -OCH3 is 1. The number of benzene rings is 3. The van der Waals surface area contributed by atoms with Gasteiger partial charge >= 0.3 is 0 Å². The number of nitrogens with zero attached hydrogens (tertiary/aromatic N) is 3. The molecule has 0 bridgehead atoms. The van der Waals surface area contributed by atoms with Crippen LogP contribution in [0.5, 0.6) is 11.5 Å². The average Bonchev–Trinajstić information content (AvgIpc) is 2.96. The first-order valence-corrected chi connectivity index (χ1v) is 14.3. The van der Waals surface area contributed by atoms with Crippen molar-refractivity contribution in [2.24, 2.45) is 0 Å². The highest BCUT2D eigenvalue weighted by atomic mass is 32.2. The van der Waals surface area contributed by atoms with Gasteiger partial charge in [0.15, 0.2) is 0 Å². The number of ether oxygens (including phenoxy) is 2. The zero-order valence-electron chi connectivity index (χ0n) is 21.6. The highest BCUT2D eigenvalue weighted by Gasteiger charge is 2.18. The van der Waals surface area contributed by atoms with Gasteiger partial charge in [-0.1, -0.05) is 41.5 Å². The first-order valence-electron chi connectivity index (χ1n) is 12.9. The zero-order valence-corrected chi connectivity index (χ0v) is 22.4. The van der Waals surface area contributed by atoms with Crippen LogP contribution in [0.3, 0.4) is 0 Å². The van der Waals surface area contributed by atoms with Crippen molar-refractivity contribution < 1.29 is 14.0 Å². The maximum atomic E-state index is 11.6. The summed E-state index contributed by atoms with van der Waals surface area (Å²) < 4.78 is 23.1. The Morgan fingerprint density at radius 1 is 1.00 bits per heavy atom. The average molecular weight is 532 g/mol. The lowest BCUT2D eigenvalue weighted by Gasteiger charge is -2.27. The minimum Gasteiger partial charge on any atom is -0.616 e. The summed E-state index contributed by atoms with van der Waals surface area (Å²) in [5.41, 5.74) is 3.74. The Bertz CT molecular complexity index is 1320. The van der Waals surface area contributed by atoms with Crippen LogP contribution in [-0.4, -0.2) is 64.2 Å². The molecule has 1 saturated heterocycles. The van der Waals surface area contributed by atoms with Crippen LogP contribution < -0.4 is 20.1 Å². The fraction of sp³-hybridized carbons (Fsp3) is 0.310. The summed E-state index contributed by atoms with van der Waals surface area (Å²) in [4.78, 5) is 11.3. The second-order valence-electron chi connectivity index (χ2n) is 9.19. The molecule has 38 heavy (non-hydrogen) atoms. The molecule has 198 valence electrons. The van der Waals surface area contributed by atoms with Crippen LogP contribution in [0.15, 0.2) is 73.1 Å². The van der Waals surface area contributed by atoms with Gasteiger partial charge in [-0.3, -0.25) is 4.90 Å². The van der Waals surface area contributed by atoms with Crippen LogP contribution in [-0.2, 0) is 17.8 Å². The zero-order chi connectivity index (χ0) is 26.2. The topological polar surface area (TPSA) is 94.6 Å². The minimum absolute atomic E-state index is 0.528. The van der Waals surface area contributed by atoms with E-state index in [1.54, 1.807) is 13.4 Å². The Balaban J connectivity index is 1.23. The van der Waals surface area contributed by atoms with Crippen molar-refractivity contribution in [2.75, 3.05) is 55.4 Å². The lowest BCUT2D eigenvalue weighted by molar-refractivity contribution is 0.294. The normalized spacial score (nSPS) is 14.4. The summed E-state index contributed by atoms with van der Waals surface area (Å²) in [6.07, 6.45) is 2.54. The van der Waals surface area contributed by atoms with Crippen molar-refractivity contribution in [1.82, 2.24) is 14.9 Å². The van der Waals surface area contributed by atoms with Crippen molar-refractivity contribution in [1.29, 1.82) is 0 Å². The third-order valence-corrected chi connectivity index (χ3v) is 7.83. The molecule has 0 atom stereocenters. The first kappa shape index (κ1) is 26.1. The molecule has 1 aromatic heterocycles. The predicted molar refractivity (Wildman–Crippen MR) is 154 cm³/mol. The number of nitrogens with one attached hydrogen (secondary N) is 2. The van der Waals surface area contributed by atoms with Gasteiger partial charge < -0.3 is 24.7 Å². The molecular weight excluding hydrogens is 498 g/mol. The molecule has 0 saturated carbocycles. The number of hydrogen-bond donors (Lipinski definition) is 2. The maximum Gasteiger partial charge on any atom is 0.144 e. The van der Waals surface area contributed by atoms with Crippen LogP contribution in [0.2, 0.25) is 0 Å². The molecule has 0 spiro atoms. The van der Waals surface area contributed by atoms with Gasteiger partial charge in [0, 0.05) is 43.3 Å². The first-order chi connectivity index (χ1) is 18.7. The molecule has 0 aliphatic carbocycles. The van der Waals surface area contributed by atoms with Gasteiger partial charge in [-0.05, 0) is 42.3 Å². The van der Waals surface area contributed by atoms with Gasteiger partial charge in [0.1, 0.15) is 41.8 Å². The van der Waals surface area contributed by atoms with Crippen molar-refractivity contribution in [3.8, 4) is 11.5 Å². The summed E-state index contributed by atoms with van der Waals surface area (Å²) >= 11 is -0.641. The molecule has 9 heteroatoms. The smallest absolute Gasteiger partial charge is 0.144 e. The Hall–Kier alpha value is -3.53. The fourth-order valence-electron chi connectivity index (χ4n) is 4.43. The molecule has 1 aliphatic heterocycles. The van der Waals surface area contributed by atoms with Crippen molar-refractivity contribution in [2.45, 2.75) is 13.0 Å². The van der Waals surface area contributed by atoms with Crippen LogP contribution in [0, 0.1) is 0 Å². The van der Waals surface area contributed by atoms with E-state index in [4.69, 9.17) is 9.47 Å². The largest absolute Gasteiger partial charge is 0.616 e. The highest BCUT2D eigenvalue weighted by Crippen LogP contribution is 2.33. The van der Waals surface area contributed by atoms with Gasteiger partial charge in [0.05, 0.1) is 18.3 Å². The van der Waals surface area contributed by atoms with E-state index in [2.05, 4.69) is 25.5 Å². The van der Waals surface area contributed by atoms with E-state index in [-0.39, 0.29) is 0 Å². The second-order valence-corrected chi connectivity index (χ2v) is 10.9. The number of anilines is 3. The molecule has 1 fully saturated rings. The Morgan fingerprint density at radius 2 is 1.79 bits per heavy atom. The van der Waals surface area contributed by atoms with E-state index in [0.29, 0.717) is 6.61 Å². The standard InChI is InChI=1S/C29H33N5O3S/c1-36-28-19-26-25(18-27(28)30-12-5-13-34-14-16-38(35)17-15-34)29(32-21-31-26)33-23-8-10-24(11-9-23)37-20-22-6-3-2-4-7-22/h2-4,6-11,18-19,21,30H,5,12-17,20H2,1H3,(H,31,32,33). The number of fused-ring (bicyclic) bond motifs is 1. The van der Waals surface area contributed by atoms with E-state index in [1.165, 1.54) is 0 Å². The predicted octanol–water partition coefficient (Wildman–Crippen LogP) is 4.83. The molecule has 2 heterocycles. The van der Waals surface area contributed by atoms with E-state index >= 15 is 0 Å². The summed E-state index contributed by atoms with van der Waals surface area (Å²) in [5.74, 6) is 3.84. The van der Waals surface area contributed by atoms with Crippen LogP contribution in [0.1, 0.15) is 12.0 Å². The van der Waals surface area contributed by atoms with Crippen molar-refractivity contribution >= 4 is 39.3 Å². The monoisotopic (exact) mass is 531 g/mol. The van der Waals surface area contributed by atoms with Gasteiger partial charge in [0.25, 0.3) is 0 Å². The minimum atomic E-state index is -0.641. The third kappa shape index (κ3) is 6.86. The SMILES string of the molecule is COc1cc2ncnc(Nc3ccc(OCc4ccccc4)cc3)c2cc1NCCCN1CC[S+]([O-])CC1. The Morgan fingerprint density at radius 3 is 2.55 bits per heavy atom. The quantitative estimate of drug-likeness (QED) is 0.210. The van der Waals surface area contributed by atoms with Gasteiger partial charge in [0.2, 0.25) is 0 Å². The van der Waals surface area contributed by atoms with Crippen LogP contribution >= 0.6 is 0 Å². The maximum absolute atomic E-state index is 11.6. The summed E-state index contributed by atoms with van der Waals surface area (Å²) in [7, 11) is 1.67. The summed E-state index contributed by atoms with van der Waals surface area (Å²) in [6.45, 7) is 4.15. The Kier molecular flexibility index (Phi) is 8.80. The van der Waals surface area contributed by atoms with E-state index in [0.717, 1.165) is 89.3 Å². The van der Waals surface area contributed by atoms with Gasteiger partial charge in [-0.15, -0.1) is 0 Å². The summed E-state index contributed by atoms with van der Waals surface area (Å²) in [6, 6.07) is 21.9. The lowest BCUT2D eigenvalue weighted by atomic mass is 10.1. The summed E-state index contributed by atoms with van der Waals surface area (Å²) in [5, 5.41) is 7.84. The molecular formula is C29H33N5O3S. The van der Waals surface area contributed by atoms with Gasteiger partial charge in [-0.2, -0.15) is 0 Å². The number of rotatable bonds is 11. The third-order valence-electron chi connectivity index (χ3n) is 6.56. The molecule has 8 nitrogen and oxygen atoms in total. The molecule has 3 aromatic carbocycles. The molecule has 0 unspecified atom stereocenters. The fourth-order valence-corrected chi connectivity index (χ4v) is 5.56. The Labute approximate surface area is 226 Å². The highest BCUT2D eigenvalue weighted by molar-refractivity contribution is 7.91. The van der Waals surface area contributed by atoms with E-state index in [9.17, 15) is 4.55 Å². The number of aromatic nitrogens is 2. The van der Waals surface area contributed by atoms with E-state index < -0.39 is 11.2 Å². The number of hydrogen-bond acceptors (Lipinski definition) is 8. The molecule has 4 aromatic rings. The van der Waals surface area contributed by atoms with Crippen LogP contribution in [0.4, 0.5) is 17.2 Å². The molecule has 0 radical (unpaired) electrons. The molecule has 1 aliphatic rings. The van der Waals surface area contributed by atoms with Crippen molar-refractivity contribution in [3.63, 3.8) is 0 Å². The molecule has 2 N–H and O–H groups in total.